The maximum atomic E-state index is 5.98. The van der Waals surface area contributed by atoms with Gasteiger partial charge in [-0.1, -0.05) is 13.8 Å². The predicted molar refractivity (Wildman–Crippen MR) is 75.7 cm³/mol. The molecule has 0 saturated heterocycles. The number of hydrazine groups is 1. The minimum atomic E-state index is -0.398. The third-order valence-corrected chi connectivity index (χ3v) is 3.86. The number of nitrogens with zero attached hydrogens (tertiary/aromatic N) is 2. The molecule has 5 heteroatoms. The molecule has 0 unspecified atom stereocenters. The van der Waals surface area contributed by atoms with Crippen LogP contribution in [0.25, 0.3) is 0 Å². The predicted octanol–water partition coefficient (Wildman–Crippen LogP) is 2.69. The number of ether oxygens (including phenoxy) is 1. The van der Waals surface area contributed by atoms with Gasteiger partial charge in [0.1, 0.15) is 11.4 Å². The summed E-state index contributed by atoms with van der Waals surface area (Å²) in [6, 6.07) is 1.95. The number of hydrogen-bond donors (Lipinski definition) is 2. The van der Waals surface area contributed by atoms with Gasteiger partial charge in [-0.05, 0) is 32.6 Å². The molecule has 1 heterocycles. The van der Waals surface area contributed by atoms with Gasteiger partial charge in [0.15, 0.2) is 5.82 Å². The second-order valence-corrected chi connectivity index (χ2v) is 5.05. The highest BCUT2D eigenvalue weighted by molar-refractivity contribution is 5.37. The molecule has 0 bridgehead atoms. The van der Waals surface area contributed by atoms with E-state index in [-0.39, 0.29) is 0 Å². The third kappa shape index (κ3) is 2.87. The Morgan fingerprint density at radius 3 is 2.47 bits per heavy atom. The molecule has 0 radical (unpaired) electrons. The largest absolute Gasteiger partial charge is 0.367 e. The molecule has 0 amide bonds. The molecule has 1 saturated carbocycles. The van der Waals surface area contributed by atoms with Crippen molar-refractivity contribution in [1.29, 1.82) is 0 Å². The van der Waals surface area contributed by atoms with Gasteiger partial charge >= 0.3 is 0 Å². The van der Waals surface area contributed by atoms with E-state index in [2.05, 4.69) is 24.3 Å². The van der Waals surface area contributed by atoms with Gasteiger partial charge in [-0.2, -0.15) is 0 Å². The van der Waals surface area contributed by atoms with E-state index in [0.717, 1.165) is 24.4 Å². The average molecular weight is 264 g/mol. The maximum absolute atomic E-state index is 5.98. The lowest BCUT2D eigenvalue weighted by Gasteiger charge is -2.30. The Morgan fingerprint density at radius 2 is 2.00 bits per heavy atom. The van der Waals surface area contributed by atoms with Crippen molar-refractivity contribution in [3.05, 3.63) is 17.6 Å². The van der Waals surface area contributed by atoms with Crippen molar-refractivity contribution in [2.75, 3.05) is 12.0 Å². The SMILES string of the molecule is CCOC(CC)(CC)c1nc(NN)cc(C2CC2)n1. The van der Waals surface area contributed by atoms with Crippen LogP contribution < -0.4 is 11.3 Å². The highest BCUT2D eigenvalue weighted by atomic mass is 16.5. The number of rotatable bonds is 7. The zero-order chi connectivity index (χ0) is 13.9. The summed E-state index contributed by atoms with van der Waals surface area (Å²) in [6.07, 6.45) is 4.13. The number of anilines is 1. The van der Waals surface area contributed by atoms with Crippen LogP contribution in [0.4, 0.5) is 5.82 Å². The maximum Gasteiger partial charge on any atom is 0.162 e. The van der Waals surface area contributed by atoms with Gasteiger partial charge in [0.2, 0.25) is 0 Å². The molecule has 0 atom stereocenters. The van der Waals surface area contributed by atoms with Crippen LogP contribution >= 0.6 is 0 Å². The number of aromatic nitrogens is 2. The van der Waals surface area contributed by atoms with Gasteiger partial charge in [-0.3, -0.25) is 0 Å². The Hall–Kier alpha value is -1.20. The lowest BCUT2D eigenvalue weighted by atomic mass is 9.95. The van der Waals surface area contributed by atoms with E-state index in [1.807, 2.05) is 13.0 Å². The Kier molecular flexibility index (Phi) is 4.37. The van der Waals surface area contributed by atoms with Gasteiger partial charge in [0, 0.05) is 24.3 Å². The first kappa shape index (κ1) is 14.2. The topological polar surface area (TPSA) is 73.1 Å². The van der Waals surface area contributed by atoms with Gasteiger partial charge in [-0.25, -0.2) is 15.8 Å². The highest BCUT2D eigenvalue weighted by Gasteiger charge is 2.35. The van der Waals surface area contributed by atoms with Crippen LogP contribution in [0.2, 0.25) is 0 Å². The second-order valence-electron chi connectivity index (χ2n) is 5.05. The first-order chi connectivity index (χ1) is 9.19. The van der Waals surface area contributed by atoms with Crippen molar-refractivity contribution in [2.45, 2.75) is 58.0 Å². The quantitative estimate of drug-likeness (QED) is 0.585. The van der Waals surface area contributed by atoms with Gasteiger partial charge in [0.25, 0.3) is 0 Å². The van der Waals surface area contributed by atoms with Crippen molar-refractivity contribution in [2.24, 2.45) is 5.84 Å². The molecule has 0 aromatic carbocycles. The molecule has 0 spiro atoms. The second kappa shape index (κ2) is 5.84. The van der Waals surface area contributed by atoms with Crippen LogP contribution in [0, 0.1) is 0 Å². The smallest absolute Gasteiger partial charge is 0.162 e. The van der Waals surface area contributed by atoms with Crippen LogP contribution in [-0.2, 0) is 10.3 Å². The Bertz CT molecular complexity index is 427. The summed E-state index contributed by atoms with van der Waals surface area (Å²) in [5.74, 6) is 7.54. The minimum Gasteiger partial charge on any atom is -0.367 e. The molecule has 19 heavy (non-hydrogen) atoms. The lowest BCUT2D eigenvalue weighted by Crippen LogP contribution is -2.31. The molecule has 1 aliphatic rings. The van der Waals surface area contributed by atoms with E-state index < -0.39 is 5.60 Å². The summed E-state index contributed by atoms with van der Waals surface area (Å²) in [5.41, 5.74) is 3.34. The van der Waals surface area contributed by atoms with Gasteiger partial charge < -0.3 is 10.2 Å². The van der Waals surface area contributed by atoms with E-state index in [1.54, 1.807) is 0 Å². The van der Waals surface area contributed by atoms with E-state index in [9.17, 15) is 0 Å². The van der Waals surface area contributed by atoms with Crippen LogP contribution in [0.1, 0.15) is 63.9 Å². The summed E-state index contributed by atoms with van der Waals surface area (Å²) in [5, 5.41) is 0. The molecular weight excluding hydrogens is 240 g/mol. The fourth-order valence-corrected chi connectivity index (χ4v) is 2.44. The first-order valence-electron chi connectivity index (χ1n) is 7.19. The number of nitrogens with two attached hydrogens (primary N) is 1. The van der Waals surface area contributed by atoms with Crippen molar-refractivity contribution >= 4 is 5.82 Å². The third-order valence-electron chi connectivity index (χ3n) is 3.86. The van der Waals surface area contributed by atoms with Crippen LogP contribution in [0.5, 0.6) is 0 Å². The molecular formula is C14H24N4O. The molecule has 1 aromatic rings. The zero-order valence-corrected chi connectivity index (χ0v) is 12.1. The summed E-state index contributed by atoms with van der Waals surface area (Å²) in [6.45, 7) is 6.89. The Balaban J connectivity index is 2.42. The molecule has 0 aliphatic heterocycles. The van der Waals surface area contributed by atoms with Gasteiger partial charge in [-0.15, -0.1) is 0 Å². The Labute approximate surface area is 114 Å². The van der Waals surface area contributed by atoms with E-state index >= 15 is 0 Å². The molecule has 106 valence electrons. The monoisotopic (exact) mass is 264 g/mol. The zero-order valence-electron chi connectivity index (χ0n) is 12.1. The fraction of sp³-hybridized carbons (Fsp3) is 0.714. The standard InChI is InChI=1S/C14H24N4O/c1-4-14(5-2,19-6-3)13-16-11(10-7-8-10)9-12(17-13)18-15/h9-10H,4-8,15H2,1-3H3,(H,16,17,18). The summed E-state index contributed by atoms with van der Waals surface area (Å²) in [7, 11) is 0. The number of nitrogens with one attached hydrogen (secondary N) is 1. The van der Waals surface area contributed by atoms with E-state index in [1.165, 1.54) is 12.8 Å². The molecule has 3 N–H and O–H groups in total. The fourth-order valence-electron chi connectivity index (χ4n) is 2.44. The highest BCUT2D eigenvalue weighted by Crippen LogP contribution is 2.41. The van der Waals surface area contributed by atoms with Crippen molar-refractivity contribution in [1.82, 2.24) is 9.97 Å². The van der Waals surface area contributed by atoms with Crippen LogP contribution in [-0.4, -0.2) is 16.6 Å². The van der Waals surface area contributed by atoms with Crippen molar-refractivity contribution < 1.29 is 4.74 Å². The number of hydrogen-bond acceptors (Lipinski definition) is 5. The van der Waals surface area contributed by atoms with Crippen LogP contribution in [0.3, 0.4) is 0 Å². The average Bonchev–Trinajstić information content (AvgIpc) is 3.29. The number of nitrogen functional groups attached to an aromatic ring is 1. The van der Waals surface area contributed by atoms with Gasteiger partial charge in [0.05, 0.1) is 0 Å². The summed E-state index contributed by atoms with van der Waals surface area (Å²) in [4.78, 5) is 9.27. The molecule has 1 aromatic heterocycles. The molecule has 1 aliphatic carbocycles. The van der Waals surface area contributed by atoms with E-state index in [0.29, 0.717) is 18.3 Å². The lowest BCUT2D eigenvalue weighted by molar-refractivity contribution is -0.0572. The molecule has 1 fully saturated rings. The van der Waals surface area contributed by atoms with Crippen molar-refractivity contribution in [3.8, 4) is 0 Å². The summed E-state index contributed by atoms with van der Waals surface area (Å²) < 4.78 is 5.98. The molecule has 5 nitrogen and oxygen atoms in total. The normalized spacial score (nSPS) is 15.6. The van der Waals surface area contributed by atoms with E-state index in [4.69, 9.17) is 15.6 Å². The van der Waals surface area contributed by atoms with Crippen molar-refractivity contribution in [3.63, 3.8) is 0 Å². The minimum absolute atomic E-state index is 0.398. The Morgan fingerprint density at radius 1 is 1.32 bits per heavy atom. The summed E-state index contributed by atoms with van der Waals surface area (Å²) >= 11 is 0. The molecule has 2 rings (SSSR count). The van der Waals surface area contributed by atoms with Crippen LogP contribution in [0.15, 0.2) is 6.07 Å². The first-order valence-corrected chi connectivity index (χ1v) is 7.19.